The number of aliphatic hydroxyl groups excluding tert-OH is 1. The molecule has 0 spiro atoms. The minimum Gasteiger partial charge on any atom is -0.393 e. The normalized spacial score (nSPS) is 27.5. The Labute approximate surface area is 151 Å². The maximum atomic E-state index is 10.9. The highest BCUT2D eigenvalue weighted by molar-refractivity contribution is 5.85. The lowest BCUT2D eigenvalue weighted by Crippen LogP contribution is -2.45. The summed E-state index contributed by atoms with van der Waals surface area (Å²) in [6, 6.07) is 21.8. The van der Waals surface area contributed by atoms with Crippen LogP contribution >= 0.6 is 12.4 Å². The third-order valence-corrected chi connectivity index (χ3v) is 5.24. The number of piperidine rings is 1. The van der Waals surface area contributed by atoms with E-state index >= 15 is 0 Å². The average molecular weight is 346 g/mol. The third-order valence-electron chi connectivity index (χ3n) is 5.24. The summed E-state index contributed by atoms with van der Waals surface area (Å²) in [5.41, 5.74) is 2.61. The van der Waals surface area contributed by atoms with Crippen molar-refractivity contribution < 1.29 is 5.11 Å². The van der Waals surface area contributed by atoms with Crippen LogP contribution in [-0.2, 0) is 0 Å². The molecule has 1 N–H and O–H groups in total. The summed E-state index contributed by atoms with van der Waals surface area (Å²) in [5, 5.41) is 10.9. The van der Waals surface area contributed by atoms with Gasteiger partial charge in [-0.1, -0.05) is 74.0 Å². The first-order valence-electron chi connectivity index (χ1n) is 8.72. The Morgan fingerprint density at radius 3 is 2.04 bits per heavy atom. The van der Waals surface area contributed by atoms with E-state index in [2.05, 4.69) is 79.5 Å². The summed E-state index contributed by atoms with van der Waals surface area (Å²) in [7, 11) is 2.21. The van der Waals surface area contributed by atoms with Gasteiger partial charge in [0.15, 0.2) is 0 Å². The third kappa shape index (κ3) is 3.83. The van der Waals surface area contributed by atoms with Crippen LogP contribution in [0.25, 0.3) is 0 Å². The molecule has 1 heterocycles. The lowest BCUT2D eigenvalue weighted by atomic mass is 9.76. The van der Waals surface area contributed by atoms with Crippen LogP contribution in [0.2, 0.25) is 0 Å². The van der Waals surface area contributed by atoms with Crippen molar-refractivity contribution in [3.05, 3.63) is 71.8 Å². The number of aliphatic hydroxyl groups is 1. The van der Waals surface area contributed by atoms with E-state index in [4.69, 9.17) is 0 Å². The van der Waals surface area contributed by atoms with E-state index in [0.717, 1.165) is 19.3 Å². The van der Waals surface area contributed by atoms with Crippen molar-refractivity contribution in [3.8, 4) is 0 Å². The van der Waals surface area contributed by atoms with E-state index in [0.29, 0.717) is 5.92 Å². The summed E-state index contributed by atoms with van der Waals surface area (Å²) in [6.45, 7) is 2.21. The number of halogens is 1. The van der Waals surface area contributed by atoms with E-state index in [1.54, 1.807) is 0 Å². The molecule has 3 heteroatoms. The largest absolute Gasteiger partial charge is 0.393 e. The SMILES string of the molecule is CCCC1C(O)CC(c2ccccc2)N(C)C1c1ccccc1.Cl. The van der Waals surface area contributed by atoms with Crippen LogP contribution in [-0.4, -0.2) is 23.2 Å². The molecule has 0 bridgehead atoms. The van der Waals surface area contributed by atoms with Gasteiger partial charge in [0.25, 0.3) is 0 Å². The summed E-state index contributed by atoms with van der Waals surface area (Å²) in [6.07, 6.45) is 2.73. The molecule has 0 saturated carbocycles. The maximum absolute atomic E-state index is 10.9. The lowest BCUT2D eigenvalue weighted by molar-refractivity contribution is -0.0439. The first-order valence-corrected chi connectivity index (χ1v) is 8.72. The molecule has 1 aliphatic rings. The summed E-state index contributed by atoms with van der Waals surface area (Å²) < 4.78 is 0. The summed E-state index contributed by atoms with van der Waals surface area (Å²) in [5.74, 6) is 0.298. The highest BCUT2D eigenvalue weighted by atomic mass is 35.5. The van der Waals surface area contributed by atoms with Gasteiger partial charge in [-0.2, -0.15) is 0 Å². The fourth-order valence-electron chi connectivity index (χ4n) is 4.14. The van der Waals surface area contributed by atoms with E-state index in [1.807, 2.05) is 0 Å². The predicted molar refractivity (Wildman–Crippen MR) is 102 cm³/mol. The lowest BCUT2D eigenvalue weighted by Gasteiger charge is -2.47. The van der Waals surface area contributed by atoms with Gasteiger partial charge in [0, 0.05) is 18.0 Å². The molecule has 130 valence electrons. The molecule has 4 unspecified atom stereocenters. The molecule has 1 fully saturated rings. The van der Waals surface area contributed by atoms with Gasteiger partial charge < -0.3 is 5.11 Å². The molecular formula is C21H28ClNO. The molecule has 3 rings (SSSR count). The molecule has 0 aliphatic carbocycles. The first-order chi connectivity index (χ1) is 11.2. The molecule has 0 amide bonds. The molecule has 2 nitrogen and oxygen atoms in total. The zero-order valence-corrected chi connectivity index (χ0v) is 15.3. The smallest absolute Gasteiger partial charge is 0.0604 e. The van der Waals surface area contributed by atoms with Gasteiger partial charge in [0.1, 0.15) is 0 Å². The van der Waals surface area contributed by atoms with Crippen molar-refractivity contribution in [2.45, 2.75) is 44.4 Å². The maximum Gasteiger partial charge on any atom is 0.0604 e. The Balaban J connectivity index is 0.00000208. The number of rotatable bonds is 4. The molecule has 0 radical (unpaired) electrons. The van der Waals surface area contributed by atoms with Crippen molar-refractivity contribution in [2.24, 2.45) is 5.92 Å². The zero-order chi connectivity index (χ0) is 16.2. The fourth-order valence-corrected chi connectivity index (χ4v) is 4.14. The van der Waals surface area contributed by atoms with Crippen LogP contribution in [0.15, 0.2) is 60.7 Å². The zero-order valence-electron chi connectivity index (χ0n) is 14.5. The quantitative estimate of drug-likeness (QED) is 0.842. The number of hydrogen-bond acceptors (Lipinski definition) is 2. The Morgan fingerprint density at radius 2 is 1.50 bits per heavy atom. The van der Waals surface area contributed by atoms with E-state index in [1.165, 1.54) is 11.1 Å². The average Bonchev–Trinajstić information content (AvgIpc) is 2.60. The van der Waals surface area contributed by atoms with Crippen LogP contribution < -0.4 is 0 Å². The topological polar surface area (TPSA) is 23.5 Å². The van der Waals surface area contributed by atoms with Crippen LogP contribution in [0.4, 0.5) is 0 Å². The Hall–Kier alpha value is -1.35. The van der Waals surface area contributed by atoms with Crippen molar-refractivity contribution >= 4 is 12.4 Å². The number of likely N-dealkylation sites (tertiary alicyclic amines) is 1. The van der Waals surface area contributed by atoms with E-state index in [9.17, 15) is 5.11 Å². The highest BCUT2D eigenvalue weighted by Crippen LogP contribution is 2.45. The Morgan fingerprint density at radius 1 is 0.958 bits per heavy atom. The molecule has 2 aromatic rings. The molecule has 0 aromatic heterocycles. The summed E-state index contributed by atoms with van der Waals surface area (Å²) in [4.78, 5) is 2.47. The van der Waals surface area contributed by atoms with Gasteiger partial charge in [0.05, 0.1) is 6.10 Å². The fraction of sp³-hybridized carbons (Fsp3) is 0.429. The van der Waals surface area contributed by atoms with Crippen LogP contribution in [0.5, 0.6) is 0 Å². The van der Waals surface area contributed by atoms with Gasteiger partial charge in [0.2, 0.25) is 0 Å². The van der Waals surface area contributed by atoms with Gasteiger partial charge in [-0.25, -0.2) is 0 Å². The van der Waals surface area contributed by atoms with Crippen molar-refractivity contribution in [3.63, 3.8) is 0 Å². The number of hydrogen-bond donors (Lipinski definition) is 1. The van der Waals surface area contributed by atoms with Gasteiger partial charge in [-0.15, -0.1) is 12.4 Å². The first kappa shape index (κ1) is 19.0. The van der Waals surface area contributed by atoms with Crippen molar-refractivity contribution in [2.75, 3.05) is 7.05 Å². The Kier molecular flexibility index (Phi) is 6.85. The second-order valence-electron chi connectivity index (χ2n) is 6.70. The minimum atomic E-state index is -0.249. The Bertz CT molecular complexity index is 604. The highest BCUT2D eigenvalue weighted by Gasteiger charge is 2.41. The van der Waals surface area contributed by atoms with E-state index in [-0.39, 0.29) is 30.6 Å². The number of benzene rings is 2. The van der Waals surface area contributed by atoms with Gasteiger partial charge >= 0.3 is 0 Å². The van der Waals surface area contributed by atoms with Gasteiger partial charge in [-0.3, -0.25) is 4.90 Å². The minimum absolute atomic E-state index is 0. The standard InChI is InChI=1S/C21H27NO.ClH/c1-3-10-18-20(23)15-19(16-11-6-4-7-12-16)22(2)21(18)17-13-8-5-9-14-17;/h4-9,11-14,18-21,23H,3,10,15H2,1-2H3;1H. The number of nitrogens with zero attached hydrogens (tertiary/aromatic N) is 1. The van der Waals surface area contributed by atoms with Crippen LogP contribution in [0.3, 0.4) is 0 Å². The second kappa shape index (κ2) is 8.66. The molecule has 4 atom stereocenters. The monoisotopic (exact) mass is 345 g/mol. The van der Waals surface area contributed by atoms with Crippen molar-refractivity contribution in [1.82, 2.24) is 4.90 Å². The molecule has 1 saturated heterocycles. The predicted octanol–water partition coefficient (Wildman–Crippen LogP) is 5.00. The molecular weight excluding hydrogens is 318 g/mol. The summed E-state index contributed by atoms with van der Waals surface area (Å²) >= 11 is 0. The van der Waals surface area contributed by atoms with Crippen LogP contribution in [0.1, 0.15) is 49.4 Å². The van der Waals surface area contributed by atoms with E-state index < -0.39 is 0 Å². The van der Waals surface area contributed by atoms with Gasteiger partial charge in [-0.05, 0) is 31.0 Å². The molecule has 2 aromatic carbocycles. The van der Waals surface area contributed by atoms with Crippen molar-refractivity contribution in [1.29, 1.82) is 0 Å². The van der Waals surface area contributed by atoms with Crippen LogP contribution in [0, 0.1) is 5.92 Å². The molecule has 1 aliphatic heterocycles. The molecule has 24 heavy (non-hydrogen) atoms. The second-order valence-corrected chi connectivity index (χ2v) is 6.70.